The summed E-state index contributed by atoms with van der Waals surface area (Å²) < 4.78 is 41.0. The fourth-order valence-electron chi connectivity index (χ4n) is 2.99. The number of halogens is 3. The zero-order valence-corrected chi connectivity index (χ0v) is 15.8. The Balaban J connectivity index is 1.45. The highest BCUT2D eigenvalue weighted by atomic mass is 32.2. The van der Waals surface area contributed by atoms with Gasteiger partial charge in [0.2, 0.25) is 5.91 Å². The number of carbonyl (C=O) groups excluding carboxylic acids is 1. The first-order valence-electron chi connectivity index (χ1n) is 8.75. The van der Waals surface area contributed by atoms with E-state index in [2.05, 4.69) is 15.5 Å². The normalized spacial score (nSPS) is 11.8. The van der Waals surface area contributed by atoms with Crippen molar-refractivity contribution in [1.82, 2.24) is 14.6 Å². The molecule has 148 valence electrons. The van der Waals surface area contributed by atoms with Crippen molar-refractivity contribution in [2.45, 2.75) is 17.8 Å². The van der Waals surface area contributed by atoms with E-state index in [0.717, 1.165) is 17.0 Å². The lowest BCUT2D eigenvalue weighted by atomic mass is 10.1. The number of nitrogens with one attached hydrogen (secondary N) is 1. The molecule has 1 N–H and O–H groups in total. The van der Waals surface area contributed by atoms with Crippen molar-refractivity contribution in [2.24, 2.45) is 0 Å². The molecule has 0 atom stereocenters. The van der Waals surface area contributed by atoms with Crippen molar-refractivity contribution < 1.29 is 18.0 Å². The standard InChI is InChI=1S/C20H15F3N4OS/c21-20(22,23)14-6-2-3-7-15(14)24-18(28)11-12-29-19-26-25-17-10-9-13-5-1-4-8-16(13)27(17)19/h1-10H,11-12H2,(H,24,28). The first-order valence-corrected chi connectivity index (χ1v) is 9.74. The van der Waals surface area contributed by atoms with Gasteiger partial charge in [0, 0.05) is 12.2 Å². The summed E-state index contributed by atoms with van der Waals surface area (Å²) in [4.78, 5) is 12.2. The molecule has 0 saturated heterocycles. The second-order valence-corrected chi connectivity index (χ2v) is 7.32. The van der Waals surface area contributed by atoms with Crippen LogP contribution in [0.25, 0.3) is 16.6 Å². The van der Waals surface area contributed by atoms with E-state index in [9.17, 15) is 18.0 Å². The second kappa shape index (κ2) is 7.75. The second-order valence-electron chi connectivity index (χ2n) is 6.26. The number of amides is 1. The summed E-state index contributed by atoms with van der Waals surface area (Å²) in [6, 6.07) is 16.5. The van der Waals surface area contributed by atoms with Gasteiger partial charge < -0.3 is 5.32 Å². The van der Waals surface area contributed by atoms with E-state index in [1.165, 1.54) is 30.0 Å². The van der Waals surface area contributed by atoms with E-state index in [1.807, 2.05) is 40.8 Å². The maximum absolute atomic E-state index is 13.0. The largest absolute Gasteiger partial charge is 0.418 e. The molecular formula is C20H15F3N4OS. The van der Waals surface area contributed by atoms with E-state index in [4.69, 9.17) is 0 Å². The molecule has 9 heteroatoms. The molecule has 2 aromatic heterocycles. The van der Waals surface area contributed by atoms with Crippen LogP contribution < -0.4 is 5.32 Å². The molecule has 0 radical (unpaired) electrons. The van der Waals surface area contributed by atoms with Gasteiger partial charge in [-0.3, -0.25) is 9.20 Å². The number of aromatic nitrogens is 3. The summed E-state index contributed by atoms with van der Waals surface area (Å²) in [5.41, 5.74) is 0.528. The Morgan fingerprint density at radius 3 is 2.59 bits per heavy atom. The SMILES string of the molecule is O=C(CCSc1nnc2ccc3ccccc3n12)Nc1ccccc1C(F)(F)F. The average Bonchev–Trinajstić information content (AvgIpc) is 3.11. The van der Waals surface area contributed by atoms with E-state index >= 15 is 0 Å². The number of anilines is 1. The summed E-state index contributed by atoms with van der Waals surface area (Å²) in [6.45, 7) is 0. The number of thioether (sulfide) groups is 1. The molecule has 0 aliphatic carbocycles. The van der Waals surface area contributed by atoms with Crippen LogP contribution in [0.15, 0.2) is 65.8 Å². The van der Waals surface area contributed by atoms with Gasteiger partial charge in [-0.05, 0) is 35.7 Å². The molecule has 5 nitrogen and oxygen atoms in total. The lowest BCUT2D eigenvalue weighted by Crippen LogP contribution is -2.16. The number of pyridine rings is 1. The molecule has 29 heavy (non-hydrogen) atoms. The van der Waals surface area contributed by atoms with Gasteiger partial charge in [-0.25, -0.2) is 0 Å². The van der Waals surface area contributed by atoms with Crippen molar-refractivity contribution in [3.05, 3.63) is 66.2 Å². The highest BCUT2D eigenvalue weighted by Gasteiger charge is 2.33. The summed E-state index contributed by atoms with van der Waals surface area (Å²) in [5, 5.41) is 12.3. The summed E-state index contributed by atoms with van der Waals surface area (Å²) in [5.74, 6) is -0.141. The quantitative estimate of drug-likeness (QED) is 0.464. The first-order chi connectivity index (χ1) is 13.9. The third kappa shape index (κ3) is 4.04. The third-order valence-corrected chi connectivity index (χ3v) is 5.25. The van der Waals surface area contributed by atoms with Gasteiger partial charge in [0.05, 0.1) is 16.8 Å². The fourth-order valence-corrected chi connectivity index (χ4v) is 3.88. The molecule has 0 spiro atoms. The zero-order valence-electron chi connectivity index (χ0n) is 15.0. The Labute approximate surface area is 167 Å². The van der Waals surface area contributed by atoms with Gasteiger partial charge in [0.25, 0.3) is 0 Å². The van der Waals surface area contributed by atoms with Gasteiger partial charge in [-0.15, -0.1) is 10.2 Å². The molecule has 1 amide bonds. The monoisotopic (exact) mass is 416 g/mol. The summed E-state index contributed by atoms with van der Waals surface area (Å²) in [7, 11) is 0. The van der Waals surface area contributed by atoms with Crippen LogP contribution in [0, 0.1) is 0 Å². The maximum atomic E-state index is 13.0. The van der Waals surface area contributed by atoms with Crippen LogP contribution in [-0.4, -0.2) is 26.3 Å². The number of hydrogen-bond donors (Lipinski definition) is 1. The average molecular weight is 416 g/mol. The van der Waals surface area contributed by atoms with Gasteiger partial charge >= 0.3 is 6.18 Å². The Bertz CT molecular complexity index is 1190. The minimum atomic E-state index is -4.53. The number of hydrogen-bond acceptors (Lipinski definition) is 4. The van der Waals surface area contributed by atoms with E-state index in [0.29, 0.717) is 16.6 Å². The number of rotatable bonds is 5. The third-order valence-electron chi connectivity index (χ3n) is 4.31. The predicted molar refractivity (Wildman–Crippen MR) is 106 cm³/mol. The summed E-state index contributed by atoms with van der Waals surface area (Å²) >= 11 is 1.33. The van der Waals surface area contributed by atoms with Gasteiger partial charge in [-0.1, -0.05) is 42.1 Å². The van der Waals surface area contributed by atoms with Crippen molar-refractivity contribution in [3.63, 3.8) is 0 Å². The van der Waals surface area contributed by atoms with Crippen molar-refractivity contribution in [3.8, 4) is 0 Å². The highest BCUT2D eigenvalue weighted by molar-refractivity contribution is 7.99. The molecule has 0 saturated carbocycles. The van der Waals surface area contributed by atoms with Crippen LogP contribution in [0.2, 0.25) is 0 Å². The van der Waals surface area contributed by atoms with Crippen LogP contribution >= 0.6 is 11.8 Å². The molecular weight excluding hydrogens is 401 g/mol. The molecule has 0 bridgehead atoms. The topological polar surface area (TPSA) is 59.3 Å². The molecule has 4 aromatic rings. The lowest BCUT2D eigenvalue weighted by Gasteiger charge is -2.13. The van der Waals surface area contributed by atoms with Crippen LogP contribution in [-0.2, 0) is 11.0 Å². The predicted octanol–water partition coefficient (Wildman–Crippen LogP) is 5.02. The summed E-state index contributed by atoms with van der Waals surface area (Å²) in [6.07, 6.45) is -4.49. The van der Waals surface area contributed by atoms with Crippen LogP contribution in [0.4, 0.5) is 18.9 Å². The highest BCUT2D eigenvalue weighted by Crippen LogP contribution is 2.34. The van der Waals surface area contributed by atoms with Crippen molar-refractivity contribution in [2.75, 3.05) is 11.1 Å². The van der Waals surface area contributed by atoms with E-state index < -0.39 is 17.6 Å². The Kier molecular flexibility index (Phi) is 5.14. The number of fused-ring (bicyclic) bond motifs is 3. The number of para-hydroxylation sites is 2. The molecule has 0 aliphatic rings. The van der Waals surface area contributed by atoms with Crippen molar-refractivity contribution in [1.29, 1.82) is 0 Å². The Hall–Kier alpha value is -3.07. The number of carbonyl (C=O) groups is 1. The molecule has 2 heterocycles. The number of nitrogens with zero attached hydrogens (tertiary/aromatic N) is 3. The van der Waals surface area contributed by atoms with Crippen LogP contribution in [0.5, 0.6) is 0 Å². The molecule has 0 aliphatic heterocycles. The smallest absolute Gasteiger partial charge is 0.325 e. The minimum absolute atomic E-state index is 0.0382. The first kappa shape index (κ1) is 19.3. The Morgan fingerprint density at radius 2 is 1.76 bits per heavy atom. The van der Waals surface area contributed by atoms with Gasteiger partial charge in [0.15, 0.2) is 10.8 Å². The van der Waals surface area contributed by atoms with Gasteiger partial charge in [-0.2, -0.15) is 13.2 Å². The number of alkyl halides is 3. The van der Waals surface area contributed by atoms with E-state index in [1.54, 1.807) is 0 Å². The minimum Gasteiger partial charge on any atom is -0.325 e. The Morgan fingerprint density at radius 1 is 1.00 bits per heavy atom. The van der Waals surface area contributed by atoms with Crippen LogP contribution in [0.1, 0.15) is 12.0 Å². The number of benzene rings is 2. The van der Waals surface area contributed by atoms with Gasteiger partial charge in [0.1, 0.15) is 0 Å². The van der Waals surface area contributed by atoms with Crippen molar-refractivity contribution >= 4 is 39.9 Å². The molecule has 4 rings (SSSR count). The lowest BCUT2D eigenvalue weighted by molar-refractivity contribution is -0.137. The fraction of sp³-hybridized carbons (Fsp3) is 0.150. The maximum Gasteiger partial charge on any atom is 0.418 e. The zero-order chi connectivity index (χ0) is 20.4. The van der Waals surface area contributed by atoms with E-state index in [-0.39, 0.29) is 12.1 Å². The molecule has 0 unspecified atom stereocenters. The molecule has 2 aromatic carbocycles. The molecule has 0 fully saturated rings. The van der Waals surface area contributed by atoms with Crippen LogP contribution in [0.3, 0.4) is 0 Å².